The molecule has 44 heavy (non-hydrogen) atoms. The lowest BCUT2D eigenvalue weighted by Crippen LogP contribution is -2.65. The van der Waals surface area contributed by atoms with Gasteiger partial charge >= 0.3 is 0 Å². The average molecular weight is 612 g/mol. The Morgan fingerprint density at radius 2 is 1.77 bits per heavy atom. The molecular formula is C32H45N5O7. The van der Waals surface area contributed by atoms with Gasteiger partial charge in [0, 0.05) is 50.9 Å². The van der Waals surface area contributed by atoms with Crippen molar-refractivity contribution in [3.63, 3.8) is 0 Å². The van der Waals surface area contributed by atoms with Gasteiger partial charge in [-0.05, 0) is 82.5 Å². The number of aromatic hydroxyl groups is 1. The van der Waals surface area contributed by atoms with Crippen LogP contribution in [0.3, 0.4) is 0 Å². The summed E-state index contributed by atoms with van der Waals surface area (Å²) in [6.45, 7) is 7.56. The number of phenols is 1. The van der Waals surface area contributed by atoms with Crippen LogP contribution in [0, 0.1) is 11.8 Å². The van der Waals surface area contributed by atoms with E-state index in [1.807, 2.05) is 19.0 Å². The average Bonchev–Trinajstić information content (AvgIpc) is 3.46. The third kappa shape index (κ3) is 4.97. The van der Waals surface area contributed by atoms with Crippen LogP contribution in [0.25, 0.3) is 5.76 Å². The Morgan fingerprint density at radius 3 is 2.34 bits per heavy atom. The third-order valence-electron chi connectivity index (χ3n) is 9.99. The molecular weight excluding hydrogens is 566 g/mol. The number of aliphatic hydroxyl groups is 3. The summed E-state index contributed by atoms with van der Waals surface area (Å²) in [7, 11) is 6.97. The molecule has 1 amide bonds. The number of nitrogens with two attached hydrogens (primary N) is 1. The van der Waals surface area contributed by atoms with Crippen LogP contribution in [-0.4, -0.2) is 125 Å². The lowest BCUT2D eigenvalue weighted by atomic mass is 9.57. The first-order valence-electron chi connectivity index (χ1n) is 15.4. The number of rotatable bonds is 9. The Morgan fingerprint density at radius 1 is 1.11 bits per heavy atom. The first-order valence-corrected chi connectivity index (χ1v) is 15.4. The van der Waals surface area contributed by atoms with E-state index in [1.165, 1.54) is 17.7 Å². The molecule has 3 aliphatic carbocycles. The van der Waals surface area contributed by atoms with Crippen molar-refractivity contribution in [1.29, 1.82) is 0 Å². The quantitative estimate of drug-likeness (QED) is 0.252. The van der Waals surface area contributed by atoms with Gasteiger partial charge in [-0.3, -0.25) is 24.2 Å². The summed E-state index contributed by atoms with van der Waals surface area (Å²) >= 11 is 0. The predicted molar refractivity (Wildman–Crippen MR) is 165 cm³/mol. The van der Waals surface area contributed by atoms with E-state index < -0.39 is 58.0 Å². The molecule has 5 rings (SSSR count). The fraction of sp³-hybridized carbons (Fsp3) is 0.594. The molecule has 2 fully saturated rings. The molecule has 0 unspecified atom stereocenters. The van der Waals surface area contributed by atoms with Gasteiger partial charge < -0.3 is 36.0 Å². The summed E-state index contributed by atoms with van der Waals surface area (Å²) in [6.07, 6.45) is 2.76. The predicted octanol–water partition coefficient (Wildman–Crippen LogP) is 0.948. The number of hydrogen-bond donors (Lipinski definition) is 5. The number of amides is 1. The van der Waals surface area contributed by atoms with Crippen LogP contribution in [0.5, 0.6) is 5.75 Å². The minimum Gasteiger partial charge on any atom is -0.508 e. The topological polar surface area (TPSA) is 171 Å². The van der Waals surface area contributed by atoms with Crippen molar-refractivity contribution in [2.75, 3.05) is 65.8 Å². The number of benzene rings is 1. The number of carbonyl (C=O) groups excluding carboxylic acids is 3. The number of carbonyl (C=O) groups is 3. The summed E-state index contributed by atoms with van der Waals surface area (Å²) in [4.78, 5) is 47.9. The highest BCUT2D eigenvalue weighted by Gasteiger charge is 2.64. The van der Waals surface area contributed by atoms with Gasteiger partial charge in [-0.15, -0.1) is 0 Å². The number of primary amides is 1. The Balaban J connectivity index is 1.59. The molecule has 12 nitrogen and oxygen atoms in total. The highest BCUT2D eigenvalue weighted by Crippen LogP contribution is 2.54. The lowest BCUT2D eigenvalue weighted by molar-refractivity contribution is -0.153. The number of hydrogen-bond acceptors (Lipinski definition) is 11. The molecule has 4 atom stereocenters. The van der Waals surface area contributed by atoms with Crippen molar-refractivity contribution in [1.82, 2.24) is 14.7 Å². The Bertz CT molecular complexity index is 1440. The van der Waals surface area contributed by atoms with E-state index in [4.69, 9.17) is 5.73 Å². The number of aliphatic hydroxyl groups excluding tert-OH is 2. The first-order chi connectivity index (χ1) is 20.7. The Kier molecular flexibility index (Phi) is 8.58. The van der Waals surface area contributed by atoms with E-state index >= 15 is 0 Å². The second kappa shape index (κ2) is 11.8. The summed E-state index contributed by atoms with van der Waals surface area (Å²) in [5, 5.41) is 45.8. The van der Waals surface area contributed by atoms with Gasteiger partial charge in [0.15, 0.2) is 11.4 Å². The van der Waals surface area contributed by atoms with Crippen LogP contribution in [0.2, 0.25) is 0 Å². The van der Waals surface area contributed by atoms with Crippen molar-refractivity contribution in [2.45, 2.75) is 50.8 Å². The van der Waals surface area contributed by atoms with Gasteiger partial charge in [-0.25, -0.2) is 0 Å². The molecule has 1 heterocycles. The fourth-order valence-electron chi connectivity index (χ4n) is 7.92. The molecule has 1 aromatic rings. The van der Waals surface area contributed by atoms with Crippen LogP contribution in [-0.2, 0) is 27.3 Å². The van der Waals surface area contributed by atoms with E-state index in [-0.39, 0.29) is 29.7 Å². The number of anilines is 1. The second-order valence-corrected chi connectivity index (χ2v) is 13.0. The van der Waals surface area contributed by atoms with Crippen molar-refractivity contribution < 1.29 is 34.8 Å². The van der Waals surface area contributed by atoms with E-state index in [0.717, 1.165) is 44.0 Å². The standard InChI is InChI=1S/C32H45N5O7/c1-6-36(11-12-37-9-7-8-10-37)16-18-15-21(38)23-19(25(18)34(2)3)13-17-14-20-26(35(4)5)28(40)24(31(33)43)30(42)32(20,44)29(41)22(17)27(23)39/h15,17,20,26,38-39,42,44H,6-14,16H2,1-5H3,(H2,33,43)/t17-,20-,26-,32-/m0/s1. The number of ketones is 2. The number of Topliss-reactive ketones (excluding diaryl/α,β-unsaturated/α-hetero) is 2. The molecule has 12 heteroatoms. The van der Waals surface area contributed by atoms with Crippen molar-refractivity contribution >= 4 is 28.9 Å². The molecule has 1 saturated carbocycles. The Labute approximate surface area is 258 Å². The van der Waals surface area contributed by atoms with E-state index in [9.17, 15) is 34.8 Å². The van der Waals surface area contributed by atoms with Gasteiger partial charge in [-0.2, -0.15) is 0 Å². The molecule has 1 aromatic carbocycles. The highest BCUT2D eigenvalue weighted by molar-refractivity contribution is 6.24. The molecule has 240 valence electrons. The zero-order valence-corrected chi connectivity index (χ0v) is 26.3. The fourth-order valence-corrected chi connectivity index (χ4v) is 7.92. The van der Waals surface area contributed by atoms with E-state index in [1.54, 1.807) is 20.2 Å². The summed E-state index contributed by atoms with van der Waals surface area (Å²) in [6, 6.07) is 0.507. The maximum atomic E-state index is 14.1. The minimum absolute atomic E-state index is 0.0561. The van der Waals surface area contributed by atoms with Crippen LogP contribution in [0.15, 0.2) is 23.0 Å². The summed E-state index contributed by atoms with van der Waals surface area (Å²) in [5.41, 5.74) is 4.29. The highest BCUT2D eigenvalue weighted by atomic mass is 16.3. The molecule has 0 bridgehead atoms. The van der Waals surface area contributed by atoms with Gasteiger partial charge in [0.1, 0.15) is 22.8 Å². The number of fused-ring (bicyclic) bond motifs is 3. The largest absolute Gasteiger partial charge is 0.508 e. The van der Waals surface area contributed by atoms with Crippen LogP contribution >= 0.6 is 0 Å². The SMILES string of the molecule is CCN(CCN1CCCC1)Cc1cc(O)c2c(c1N(C)C)C[C@H]1C[C@H]3[C@H](N(C)C)C(=O)C(C(N)=O)=C(O)[C@@]3(O)C(=O)C1=C2O. The number of phenolic OH excluding ortho intramolecular Hbond substituents is 1. The molecule has 4 aliphatic rings. The molecule has 0 radical (unpaired) electrons. The van der Waals surface area contributed by atoms with Crippen LogP contribution in [0.1, 0.15) is 42.9 Å². The molecule has 1 aliphatic heterocycles. The smallest absolute Gasteiger partial charge is 0.255 e. The Hall–Kier alpha value is -3.45. The zero-order valence-electron chi connectivity index (χ0n) is 26.3. The minimum atomic E-state index is -2.65. The number of likely N-dealkylation sites (tertiary alicyclic amines) is 1. The molecule has 0 spiro atoms. The van der Waals surface area contributed by atoms with Crippen LogP contribution < -0.4 is 10.6 Å². The van der Waals surface area contributed by atoms with Gasteiger partial charge in [-0.1, -0.05) is 6.92 Å². The molecule has 1 saturated heterocycles. The molecule has 6 N–H and O–H groups in total. The molecule has 0 aromatic heterocycles. The van der Waals surface area contributed by atoms with E-state index in [2.05, 4.69) is 16.7 Å². The normalized spacial score (nSPS) is 27.2. The number of likely N-dealkylation sites (N-methyl/N-ethyl adjacent to an activating group) is 2. The van der Waals surface area contributed by atoms with Crippen molar-refractivity contribution in [3.05, 3.63) is 39.7 Å². The maximum Gasteiger partial charge on any atom is 0.255 e. The van der Waals surface area contributed by atoms with Gasteiger partial charge in [0.05, 0.1) is 11.6 Å². The third-order valence-corrected chi connectivity index (χ3v) is 9.99. The summed E-state index contributed by atoms with van der Waals surface area (Å²) in [5.74, 6) is -6.51. The second-order valence-electron chi connectivity index (χ2n) is 13.0. The van der Waals surface area contributed by atoms with Crippen molar-refractivity contribution in [2.24, 2.45) is 17.6 Å². The first kappa shape index (κ1) is 32.0. The van der Waals surface area contributed by atoms with Gasteiger partial charge in [0.2, 0.25) is 5.78 Å². The monoisotopic (exact) mass is 611 g/mol. The van der Waals surface area contributed by atoms with Crippen LogP contribution in [0.4, 0.5) is 5.69 Å². The van der Waals surface area contributed by atoms with Crippen molar-refractivity contribution in [3.8, 4) is 5.75 Å². The van der Waals surface area contributed by atoms with Gasteiger partial charge in [0.25, 0.3) is 5.91 Å². The number of nitrogens with zero attached hydrogens (tertiary/aromatic N) is 4. The zero-order chi connectivity index (χ0) is 32.2. The lowest BCUT2D eigenvalue weighted by Gasteiger charge is -2.50. The van der Waals surface area contributed by atoms with E-state index in [0.29, 0.717) is 12.1 Å². The maximum absolute atomic E-state index is 14.1. The summed E-state index contributed by atoms with van der Waals surface area (Å²) < 4.78 is 0.